The summed E-state index contributed by atoms with van der Waals surface area (Å²) in [6.45, 7) is 0. The summed E-state index contributed by atoms with van der Waals surface area (Å²) in [7, 11) is 1.21. The van der Waals surface area contributed by atoms with Crippen LogP contribution in [-0.4, -0.2) is 19.0 Å². The average Bonchev–Trinajstić information content (AvgIpc) is 2.41. The summed E-state index contributed by atoms with van der Waals surface area (Å²) in [4.78, 5) is 10.5. The molecule has 1 fully saturated rings. The van der Waals surface area contributed by atoms with Crippen LogP contribution in [0.1, 0.15) is 19.3 Å². The average molecular weight is 188 g/mol. The van der Waals surface area contributed by atoms with E-state index in [9.17, 15) is 13.6 Å². The molecule has 4 heteroatoms. The number of carbonyl (C=O) groups excluding carboxylic acids is 1. The van der Waals surface area contributed by atoms with Gasteiger partial charge in [-0.25, -0.2) is 13.6 Å². The van der Waals surface area contributed by atoms with E-state index in [4.69, 9.17) is 0 Å². The van der Waals surface area contributed by atoms with Gasteiger partial charge in [0.05, 0.1) is 7.11 Å². The summed E-state index contributed by atoms with van der Waals surface area (Å²) < 4.78 is 29.5. The lowest BCUT2D eigenvalue weighted by atomic mass is 10.1. The molecule has 0 amide bonds. The van der Waals surface area contributed by atoms with E-state index in [-0.39, 0.29) is 18.8 Å². The van der Waals surface area contributed by atoms with Crippen LogP contribution >= 0.6 is 0 Å². The minimum Gasteiger partial charge on any atom is -0.459 e. The van der Waals surface area contributed by atoms with E-state index in [0.29, 0.717) is 6.42 Å². The number of hydrogen-bond acceptors (Lipinski definition) is 2. The molecule has 72 valence electrons. The van der Waals surface area contributed by atoms with Crippen LogP contribution in [0.15, 0.2) is 0 Å². The molecule has 0 saturated heterocycles. The molecule has 0 aromatic heterocycles. The maximum Gasteiger partial charge on any atom is 0.384 e. The number of rotatable bonds is 0. The van der Waals surface area contributed by atoms with Crippen LogP contribution < -0.4 is 0 Å². The Balaban J connectivity index is 2.47. The predicted octanol–water partition coefficient (Wildman–Crippen LogP) is 1.60. The van der Waals surface area contributed by atoms with Gasteiger partial charge >= 0.3 is 5.97 Å². The van der Waals surface area contributed by atoms with Gasteiger partial charge in [-0.3, -0.25) is 0 Å². The highest BCUT2D eigenvalue weighted by Gasteiger charge is 2.38. The van der Waals surface area contributed by atoms with E-state index >= 15 is 0 Å². The van der Waals surface area contributed by atoms with Crippen LogP contribution in [0.4, 0.5) is 8.78 Å². The molecule has 0 aliphatic heterocycles. The maximum absolute atomic E-state index is 12.6. The van der Waals surface area contributed by atoms with Gasteiger partial charge in [0.15, 0.2) is 0 Å². The number of methoxy groups -OCH3 is 1. The third kappa shape index (κ3) is 3.02. The van der Waals surface area contributed by atoms with Gasteiger partial charge < -0.3 is 4.74 Å². The summed E-state index contributed by atoms with van der Waals surface area (Å²) in [5, 5.41) is 0. The summed E-state index contributed by atoms with van der Waals surface area (Å²) >= 11 is 0. The van der Waals surface area contributed by atoms with Gasteiger partial charge in [0.25, 0.3) is 0 Å². The van der Waals surface area contributed by atoms with Crippen LogP contribution in [0.3, 0.4) is 0 Å². The zero-order chi connectivity index (χ0) is 9.90. The van der Waals surface area contributed by atoms with Crippen LogP contribution in [0.5, 0.6) is 0 Å². The number of hydrogen-bond donors (Lipinski definition) is 0. The molecular formula is C9H10F2O2. The molecule has 0 spiro atoms. The number of halogens is 2. The van der Waals surface area contributed by atoms with Crippen molar-refractivity contribution in [3.8, 4) is 11.8 Å². The van der Waals surface area contributed by atoms with Gasteiger partial charge in [-0.05, 0) is 6.42 Å². The molecule has 0 aromatic rings. The van der Waals surface area contributed by atoms with Gasteiger partial charge in [0, 0.05) is 24.7 Å². The molecule has 0 radical (unpaired) electrons. The maximum atomic E-state index is 12.6. The van der Waals surface area contributed by atoms with Crippen molar-refractivity contribution in [2.75, 3.05) is 7.11 Å². The second kappa shape index (κ2) is 3.73. The first-order valence-electron chi connectivity index (χ1n) is 4.01. The molecule has 1 rings (SSSR count). The SMILES string of the molecule is COC(=O)C#CC1CCC(F)(F)C1. The van der Waals surface area contributed by atoms with Crippen molar-refractivity contribution in [3.05, 3.63) is 0 Å². The highest BCUT2D eigenvalue weighted by atomic mass is 19.3. The fourth-order valence-electron chi connectivity index (χ4n) is 1.29. The monoisotopic (exact) mass is 188 g/mol. The van der Waals surface area contributed by atoms with Gasteiger partial charge in [-0.1, -0.05) is 5.92 Å². The third-order valence-electron chi connectivity index (χ3n) is 1.97. The lowest BCUT2D eigenvalue weighted by molar-refractivity contribution is -0.133. The first kappa shape index (κ1) is 9.97. The fraction of sp³-hybridized carbons (Fsp3) is 0.667. The molecule has 1 aliphatic carbocycles. The number of esters is 1. The smallest absolute Gasteiger partial charge is 0.384 e. The third-order valence-corrected chi connectivity index (χ3v) is 1.97. The van der Waals surface area contributed by atoms with Crippen molar-refractivity contribution in [1.29, 1.82) is 0 Å². The Kier molecular flexibility index (Phi) is 2.86. The Labute approximate surface area is 75.3 Å². The second-order valence-electron chi connectivity index (χ2n) is 3.06. The Bertz CT molecular complexity index is 263. The zero-order valence-corrected chi connectivity index (χ0v) is 7.27. The van der Waals surface area contributed by atoms with E-state index in [1.54, 1.807) is 0 Å². The van der Waals surface area contributed by atoms with E-state index in [1.165, 1.54) is 7.11 Å². The Hall–Kier alpha value is -1.11. The van der Waals surface area contributed by atoms with Crippen molar-refractivity contribution in [1.82, 2.24) is 0 Å². The van der Waals surface area contributed by atoms with Crippen LogP contribution in [0.2, 0.25) is 0 Å². The summed E-state index contributed by atoms with van der Waals surface area (Å²) in [5.41, 5.74) is 0. The van der Waals surface area contributed by atoms with E-state index in [2.05, 4.69) is 16.6 Å². The Morgan fingerprint density at radius 2 is 2.31 bits per heavy atom. The fourth-order valence-corrected chi connectivity index (χ4v) is 1.29. The number of carbonyl (C=O) groups is 1. The number of alkyl halides is 2. The van der Waals surface area contributed by atoms with E-state index < -0.39 is 11.9 Å². The first-order chi connectivity index (χ1) is 6.03. The van der Waals surface area contributed by atoms with Gasteiger partial charge in [-0.2, -0.15) is 0 Å². The molecular weight excluding hydrogens is 178 g/mol. The normalized spacial score (nSPS) is 24.7. The van der Waals surface area contributed by atoms with Gasteiger partial charge in [-0.15, -0.1) is 0 Å². The Morgan fingerprint density at radius 3 is 2.77 bits per heavy atom. The van der Waals surface area contributed by atoms with Gasteiger partial charge in [0.1, 0.15) is 0 Å². The van der Waals surface area contributed by atoms with Crippen LogP contribution in [0.25, 0.3) is 0 Å². The molecule has 0 heterocycles. The van der Waals surface area contributed by atoms with Gasteiger partial charge in [0.2, 0.25) is 5.92 Å². The lowest BCUT2D eigenvalue weighted by Gasteiger charge is -2.04. The van der Waals surface area contributed by atoms with Crippen molar-refractivity contribution < 1.29 is 18.3 Å². The molecule has 0 N–H and O–H groups in total. The minimum absolute atomic E-state index is 0.131. The van der Waals surface area contributed by atoms with Crippen LogP contribution in [0, 0.1) is 17.8 Å². The summed E-state index contributed by atoms with van der Waals surface area (Å²) in [6, 6.07) is 0. The summed E-state index contributed by atoms with van der Waals surface area (Å²) in [5.74, 6) is 1.01. The standard InChI is InChI=1S/C9H10F2O2/c1-13-8(12)3-2-7-4-5-9(10,11)6-7/h7H,4-6H2,1H3. The molecule has 13 heavy (non-hydrogen) atoms. The summed E-state index contributed by atoms with van der Waals surface area (Å²) in [6.07, 6.45) is -0.0124. The molecule has 1 atom stereocenters. The molecule has 1 aliphatic rings. The van der Waals surface area contributed by atoms with Crippen molar-refractivity contribution in [2.45, 2.75) is 25.2 Å². The first-order valence-corrected chi connectivity index (χ1v) is 4.01. The molecule has 0 aromatic carbocycles. The number of ether oxygens (including phenoxy) is 1. The molecule has 2 nitrogen and oxygen atoms in total. The van der Waals surface area contributed by atoms with Crippen LogP contribution in [-0.2, 0) is 9.53 Å². The topological polar surface area (TPSA) is 26.3 Å². The van der Waals surface area contributed by atoms with E-state index in [1.807, 2.05) is 0 Å². The highest BCUT2D eigenvalue weighted by molar-refractivity contribution is 5.88. The highest BCUT2D eigenvalue weighted by Crippen LogP contribution is 2.38. The molecule has 1 saturated carbocycles. The zero-order valence-electron chi connectivity index (χ0n) is 7.27. The van der Waals surface area contributed by atoms with E-state index in [0.717, 1.165) is 0 Å². The quantitative estimate of drug-likeness (QED) is 0.328. The molecule has 0 bridgehead atoms. The van der Waals surface area contributed by atoms with Crippen molar-refractivity contribution in [3.63, 3.8) is 0 Å². The molecule has 1 unspecified atom stereocenters. The predicted molar refractivity (Wildman–Crippen MR) is 42.1 cm³/mol. The Morgan fingerprint density at radius 1 is 1.62 bits per heavy atom. The second-order valence-corrected chi connectivity index (χ2v) is 3.06. The lowest BCUT2D eigenvalue weighted by Crippen LogP contribution is -2.09. The van der Waals surface area contributed by atoms with Crippen molar-refractivity contribution in [2.24, 2.45) is 5.92 Å². The largest absolute Gasteiger partial charge is 0.459 e. The van der Waals surface area contributed by atoms with Crippen molar-refractivity contribution >= 4 is 5.97 Å². The minimum atomic E-state index is -2.60.